The van der Waals surface area contributed by atoms with Crippen LogP contribution in [-0.4, -0.2) is 16.0 Å². The maximum atomic E-state index is 4.31. The molecule has 2 unspecified atom stereocenters. The van der Waals surface area contributed by atoms with Crippen molar-refractivity contribution in [1.82, 2.24) is 15.3 Å². The second-order valence-corrected chi connectivity index (χ2v) is 3.62. The van der Waals surface area contributed by atoms with Gasteiger partial charge in [-0.1, -0.05) is 0 Å². The minimum Gasteiger partial charge on any atom is -0.307 e. The number of hydrogen-bond acceptors (Lipinski definition) is 3. The van der Waals surface area contributed by atoms with E-state index >= 15 is 0 Å². The van der Waals surface area contributed by atoms with E-state index in [1.807, 2.05) is 6.20 Å². The Morgan fingerprint density at radius 3 is 3.23 bits per heavy atom. The Kier molecular flexibility index (Phi) is 2.22. The Morgan fingerprint density at radius 1 is 1.38 bits per heavy atom. The van der Waals surface area contributed by atoms with E-state index in [1.54, 1.807) is 6.33 Å². The van der Waals surface area contributed by atoms with Gasteiger partial charge in [0.1, 0.15) is 6.33 Å². The fourth-order valence-electron chi connectivity index (χ4n) is 2.29. The van der Waals surface area contributed by atoms with Gasteiger partial charge in [0.05, 0.1) is 5.69 Å². The first kappa shape index (κ1) is 8.91. The van der Waals surface area contributed by atoms with Gasteiger partial charge >= 0.3 is 0 Å². The molecule has 1 aromatic heterocycles. The minimum absolute atomic E-state index is 0. The molecule has 4 heteroatoms. The average Bonchev–Trinajstić information content (AvgIpc) is 2.49. The van der Waals surface area contributed by atoms with Crippen molar-refractivity contribution in [3.8, 4) is 0 Å². The van der Waals surface area contributed by atoms with E-state index in [0.717, 1.165) is 6.42 Å². The Hall–Kier alpha value is -0.670. The van der Waals surface area contributed by atoms with Gasteiger partial charge in [0.2, 0.25) is 0 Å². The Bertz CT molecular complexity index is 315. The van der Waals surface area contributed by atoms with Crippen molar-refractivity contribution in [2.24, 2.45) is 0 Å². The molecule has 1 aromatic rings. The summed E-state index contributed by atoms with van der Waals surface area (Å²) in [5, 5.41) is 3.57. The molecule has 2 aliphatic heterocycles. The fraction of sp³-hybridized carbons (Fsp3) is 0.556. The lowest BCUT2D eigenvalue weighted by atomic mass is 10.0. The number of rotatable bonds is 0. The highest BCUT2D eigenvalue weighted by Gasteiger charge is 2.32. The fourth-order valence-corrected chi connectivity index (χ4v) is 2.29. The summed E-state index contributed by atoms with van der Waals surface area (Å²) in [6.45, 7) is 0. The molecule has 1 saturated heterocycles. The molecule has 0 aromatic carbocycles. The van der Waals surface area contributed by atoms with E-state index in [4.69, 9.17) is 0 Å². The Balaban J connectivity index is 0.000000653. The van der Waals surface area contributed by atoms with Crippen molar-refractivity contribution >= 4 is 12.4 Å². The SMILES string of the molecule is Cl.c1ncc2c(n1)CC1CCC2N1. The summed E-state index contributed by atoms with van der Waals surface area (Å²) in [4.78, 5) is 8.37. The highest BCUT2D eigenvalue weighted by molar-refractivity contribution is 5.85. The van der Waals surface area contributed by atoms with Crippen molar-refractivity contribution in [2.45, 2.75) is 31.3 Å². The summed E-state index contributed by atoms with van der Waals surface area (Å²) >= 11 is 0. The maximum Gasteiger partial charge on any atom is 0.115 e. The van der Waals surface area contributed by atoms with Crippen molar-refractivity contribution in [3.63, 3.8) is 0 Å². The second-order valence-electron chi connectivity index (χ2n) is 3.62. The summed E-state index contributed by atoms with van der Waals surface area (Å²) in [6, 6.07) is 1.22. The number of nitrogens with zero attached hydrogens (tertiary/aromatic N) is 2. The van der Waals surface area contributed by atoms with Crippen LogP contribution in [0.3, 0.4) is 0 Å². The highest BCUT2D eigenvalue weighted by atomic mass is 35.5. The lowest BCUT2D eigenvalue weighted by molar-refractivity contribution is 0.504. The lowest BCUT2D eigenvalue weighted by Gasteiger charge is -2.22. The molecule has 13 heavy (non-hydrogen) atoms. The summed E-state index contributed by atoms with van der Waals surface area (Å²) in [7, 11) is 0. The number of halogens is 1. The molecule has 3 rings (SSSR count). The first-order chi connectivity index (χ1) is 5.93. The van der Waals surface area contributed by atoms with Gasteiger partial charge in [-0.25, -0.2) is 9.97 Å². The smallest absolute Gasteiger partial charge is 0.115 e. The van der Waals surface area contributed by atoms with Gasteiger partial charge < -0.3 is 5.32 Å². The zero-order valence-electron chi connectivity index (χ0n) is 7.23. The van der Waals surface area contributed by atoms with E-state index in [9.17, 15) is 0 Å². The van der Waals surface area contributed by atoms with Crippen LogP contribution in [0.4, 0.5) is 0 Å². The van der Waals surface area contributed by atoms with E-state index in [-0.39, 0.29) is 12.4 Å². The molecule has 0 saturated carbocycles. The molecule has 1 N–H and O–H groups in total. The van der Waals surface area contributed by atoms with Crippen LogP contribution >= 0.6 is 12.4 Å². The van der Waals surface area contributed by atoms with Crippen LogP contribution in [0.15, 0.2) is 12.5 Å². The topological polar surface area (TPSA) is 37.8 Å². The minimum atomic E-state index is 0. The third-order valence-electron chi connectivity index (χ3n) is 2.88. The molecule has 2 bridgehead atoms. The Labute approximate surface area is 83.4 Å². The number of aromatic nitrogens is 2. The number of nitrogens with one attached hydrogen (secondary N) is 1. The van der Waals surface area contributed by atoms with Crippen molar-refractivity contribution in [2.75, 3.05) is 0 Å². The van der Waals surface area contributed by atoms with Gasteiger partial charge in [-0.05, 0) is 12.8 Å². The van der Waals surface area contributed by atoms with Crippen LogP contribution < -0.4 is 5.32 Å². The molecule has 0 spiro atoms. The van der Waals surface area contributed by atoms with Crippen molar-refractivity contribution in [3.05, 3.63) is 23.8 Å². The maximum absolute atomic E-state index is 4.31. The van der Waals surface area contributed by atoms with E-state index < -0.39 is 0 Å². The monoisotopic (exact) mass is 197 g/mol. The molecule has 0 radical (unpaired) electrons. The van der Waals surface area contributed by atoms with E-state index in [1.165, 1.54) is 24.1 Å². The zero-order valence-corrected chi connectivity index (χ0v) is 8.05. The number of fused-ring (bicyclic) bond motifs is 4. The lowest BCUT2D eigenvalue weighted by Crippen LogP contribution is -2.32. The zero-order chi connectivity index (χ0) is 7.97. The predicted octanol–water partition coefficient (Wildman–Crippen LogP) is 1.25. The molecule has 2 atom stereocenters. The van der Waals surface area contributed by atoms with Crippen LogP contribution in [0.1, 0.15) is 30.1 Å². The third-order valence-corrected chi connectivity index (χ3v) is 2.88. The van der Waals surface area contributed by atoms with Crippen LogP contribution in [0.2, 0.25) is 0 Å². The largest absolute Gasteiger partial charge is 0.307 e. The first-order valence-electron chi connectivity index (χ1n) is 4.48. The summed E-state index contributed by atoms with van der Waals surface area (Å²) in [5.74, 6) is 0. The predicted molar refractivity (Wildman–Crippen MR) is 51.9 cm³/mol. The Morgan fingerprint density at radius 2 is 2.31 bits per heavy atom. The summed E-state index contributed by atoms with van der Waals surface area (Å²) < 4.78 is 0. The van der Waals surface area contributed by atoms with Crippen LogP contribution in [0, 0.1) is 0 Å². The summed E-state index contributed by atoms with van der Waals surface area (Å²) in [6.07, 6.45) is 7.26. The molecular formula is C9H12ClN3. The average molecular weight is 198 g/mol. The molecule has 70 valence electrons. The third kappa shape index (κ3) is 1.32. The first-order valence-corrected chi connectivity index (χ1v) is 4.48. The van der Waals surface area contributed by atoms with Crippen LogP contribution in [-0.2, 0) is 6.42 Å². The number of hydrogen-bond donors (Lipinski definition) is 1. The molecule has 0 aliphatic carbocycles. The normalized spacial score (nSPS) is 29.2. The van der Waals surface area contributed by atoms with Gasteiger partial charge in [0, 0.05) is 30.3 Å². The molecule has 2 aliphatic rings. The van der Waals surface area contributed by atoms with Crippen molar-refractivity contribution < 1.29 is 0 Å². The van der Waals surface area contributed by atoms with Crippen molar-refractivity contribution in [1.29, 1.82) is 0 Å². The second kappa shape index (κ2) is 3.24. The molecule has 3 nitrogen and oxygen atoms in total. The van der Waals surface area contributed by atoms with Gasteiger partial charge in [0.15, 0.2) is 0 Å². The van der Waals surface area contributed by atoms with Crippen LogP contribution in [0.25, 0.3) is 0 Å². The standard InChI is InChI=1S/C9H11N3.ClH/c1-2-8-7-4-10-5-11-9(7)3-6(1)12-8;/h4-6,8,12H,1-3H2;1H. The van der Waals surface area contributed by atoms with Gasteiger partial charge in [-0.2, -0.15) is 0 Å². The van der Waals surface area contributed by atoms with E-state index in [2.05, 4.69) is 15.3 Å². The summed E-state index contributed by atoms with van der Waals surface area (Å²) in [5.41, 5.74) is 2.59. The quantitative estimate of drug-likeness (QED) is 0.680. The molecule has 0 amide bonds. The van der Waals surface area contributed by atoms with Gasteiger partial charge in [-0.3, -0.25) is 0 Å². The molecular weight excluding hydrogens is 186 g/mol. The molecule has 3 heterocycles. The van der Waals surface area contributed by atoms with Crippen LogP contribution in [0.5, 0.6) is 0 Å². The van der Waals surface area contributed by atoms with Gasteiger partial charge in [0.25, 0.3) is 0 Å². The van der Waals surface area contributed by atoms with Gasteiger partial charge in [-0.15, -0.1) is 12.4 Å². The molecule has 1 fully saturated rings. The highest BCUT2D eigenvalue weighted by Crippen LogP contribution is 2.33. The van der Waals surface area contributed by atoms with E-state index in [0.29, 0.717) is 12.1 Å².